The van der Waals surface area contributed by atoms with Crippen molar-refractivity contribution in [2.24, 2.45) is 5.84 Å². The fourth-order valence-electron chi connectivity index (χ4n) is 1.86. The van der Waals surface area contributed by atoms with Gasteiger partial charge in [-0.05, 0) is 36.2 Å². The summed E-state index contributed by atoms with van der Waals surface area (Å²) in [6, 6.07) is 13.3. The Labute approximate surface area is 117 Å². The molecule has 2 rings (SSSR count). The van der Waals surface area contributed by atoms with Crippen molar-refractivity contribution >= 4 is 23.2 Å². The summed E-state index contributed by atoms with van der Waals surface area (Å²) in [5.74, 6) is 5.64. The molecule has 0 saturated carbocycles. The van der Waals surface area contributed by atoms with E-state index in [1.165, 1.54) is 5.56 Å². The van der Waals surface area contributed by atoms with Crippen molar-refractivity contribution in [3.8, 4) is 0 Å². The molecule has 0 saturated heterocycles. The normalized spacial score (nSPS) is 12.4. The van der Waals surface area contributed by atoms with Crippen LogP contribution in [0.15, 0.2) is 42.5 Å². The number of benzene rings is 2. The Kier molecular flexibility index (Phi) is 4.25. The van der Waals surface area contributed by atoms with Crippen molar-refractivity contribution in [3.05, 3.63) is 69.2 Å². The maximum atomic E-state index is 6.20. The zero-order valence-corrected chi connectivity index (χ0v) is 11.5. The highest BCUT2D eigenvalue weighted by atomic mass is 35.5. The third-order valence-electron chi connectivity index (χ3n) is 2.85. The molecule has 18 heavy (non-hydrogen) atoms. The van der Waals surface area contributed by atoms with Crippen LogP contribution in [-0.4, -0.2) is 0 Å². The summed E-state index contributed by atoms with van der Waals surface area (Å²) in [6.07, 6.45) is 0. The summed E-state index contributed by atoms with van der Waals surface area (Å²) >= 11 is 12.2. The Morgan fingerprint density at radius 3 is 2.33 bits per heavy atom. The molecule has 0 aliphatic heterocycles. The van der Waals surface area contributed by atoms with Crippen molar-refractivity contribution in [1.82, 2.24) is 5.43 Å². The molecular weight excluding hydrogens is 267 g/mol. The molecule has 94 valence electrons. The lowest BCUT2D eigenvalue weighted by molar-refractivity contribution is 0.637. The molecule has 0 aromatic heterocycles. The minimum absolute atomic E-state index is 0.170. The van der Waals surface area contributed by atoms with Crippen molar-refractivity contribution in [3.63, 3.8) is 0 Å². The van der Waals surface area contributed by atoms with Gasteiger partial charge >= 0.3 is 0 Å². The van der Waals surface area contributed by atoms with Crippen molar-refractivity contribution in [2.45, 2.75) is 13.0 Å². The zero-order valence-electron chi connectivity index (χ0n) is 9.95. The molecule has 0 aliphatic rings. The van der Waals surface area contributed by atoms with E-state index in [4.69, 9.17) is 29.0 Å². The predicted molar refractivity (Wildman–Crippen MR) is 76.8 cm³/mol. The molecule has 0 radical (unpaired) electrons. The summed E-state index contributed by atoms with van der Waals surface area (Å²) in [6.45, 7) is 2.04. The highest BCUT2D eigenvalue weighted by Crippen LogP contribution is 2.30. The van der Waals surface area contributed by atoms with Crippen LogP contribution in [-0.2, 0) is 0 Å². The standard InChI is InChI=1S/C14H14Cl2N2/c1-9-2-4-10(5-3-9)14(18-17)12-8-11(15)6-7-13(12)16/h2-8,14,18H,17H2,1H3. The lowest BCUT2D eigenvalue weighted by Gasteiger charge is -2.18. The number of hydrogen-bond donors (Lipinski definition) is 2. The number of hydrogen-bond acceptors (Lipinski definition) is 2. The van der Waals surface area contributed by atoms with Crippen molar-refractivity contribution in [1.29, 1.82) is 0 Å². The first kappa shape index (κ1) is 13.4. The number of rotatable bonds is 3. The highest BCUT2D eigenvalue weighted by molar-refractivity contribution is 6.33. The number of nitrogens with one attached hydrogen (secondary N) is 1. The van der Waals surface area contributed by atoms with Gasteiger partial charge in [0, 0.05) is 10.0 Å². The van der Waals surface area contributed by atoms with Crippen LogP contribution in [0, 0.1) is 6.92 Å². The summed E-state index contributed by atoms with van der Waals surface area (Å²) in [5, 5.41) is 1.28. The van der Waals surface area contributed by atoms with Gasteiger partial charge in [-0.3, -0.25) is 5.84 Å². The first-order valence-corrected chi connectivity index (χ1v) is 6.35. The Morgan fingerprint density at radius 1 is 1.06 bits per heavy atom. The van der Waals surface area contributed by atoms with Crippen LogP contribution in [0.25, 0.3) is 0 Å². The van der Waals surface area contributed by atoms with E-state index in [9.17, 15) is 0 Å². The Morgan fingerprint density at radius 2 is 1.72 bits per heavy atom. The van der Waals surface area contributed by atoms with Gasteiger partial charge in [-0.15, -0.1) is 0 Å². The first-order chi connectivity index (χ1) is 8.61. The molecule has 4 heteroatoms. The van der Waals surface area contributed by atoms with Gasteiger partial charge in [-0.2, -0.15) is 0 Å². The Balaban J connectivity index is 2.44. The number of aryl methyl sites for hydroxylation is 1. The Hall–Kier alpha value is -1.06. The fourth-order valence-corrected chi connectivity index (χ4v) is 2.27. The van der Waals surface area contributed by atoms with E-state index in [0.29, 0.717) is 10.0 Å². The van der Waals surface area contributed by atoms with Crippen LogP contribution >= 0.6 is 23.2 Å². The smallest absolute Gasteiger partial charge is 0.0725 e. The number of halogens is 2. The molecule has 0 aliphatic carbocycles. The van der Waals surface area contributed by atoms with Gasteiger partial charge in [0.1, 0.15) is 0 Å². The predicted octanol–water partition coefficient (Wildman–Crippen LogP) is 3.85. The van der Waals surface area contributed by atoms with Crippen LogP contribution in [0.2, 0.25) is 10.0 Å². The zero-order chi connectivity index (χ0) is 13.1. The largest absolute Gasteiger partial charge is 0.271 e. The maximum absolute atomic E-state index is 6.20. The first-order valence-electron chi connectivity index (χ1n) is 5.59. The molecule has 1 atom stereocenters. The number of nitrogens with two attached hydrogens (primary N) is 1. The fraction of sp³-hybridized carbons (Fsp3) is 0.143. The van der Waals surface area contributed by atoms with Gasteiger partial charge in [0.2, 0.25) is 0 Å². The molecule has 3 N–H and O–H groups in total. The lowest BCUT2D eigenvalue weighted by Crippen LogP contribution is -2.29. The molecule has 0 amide bonds. The van der Waals surface area contributed by atoms with E-state index in [0.717, 1.165) is 11.1 Å². The van der Waals surface area contributed by atoms with Crippen LogP contribution in [0.1, 0.15) is 22.7 Å². The van der Waals surface area contributed by atoms with E-state index in [2.05, 4.69) is 5.43 Å². The van der Waals surface area contributed by atoms with Gasteiger partial charge in [0.05, 0.1) is 6.04 Å². The molecule has 0 bridgehead atoms. The van der Waals surface area contributed by atoms with Gasteiger partial charge in [-0.1, -0.05) is 53.0 Å². The molecule has 2 nitrogen and oxygen atoms in total. The van der Waals surface area contributed by atoms with Gasteiger partial charge < -0.3 is 0 Å². The molecule has 0 spiro atoms. The topological polar surface area (TPSA) is 38.0 Å². The molecule has 0 fully saturated rings. The molecule has 2 aromatic carbocycles. The summed E-state index contributed by atoms with van der Waals surface area (Å²) < 4.78 is 0. The summed E-state index contributed by atoms with van der Waals surface area (Å²) in [4.78, 5) is 0. The minimum atomic E-state index is -0.170. The second-order valence-corrected chi connectivity index (χ2v) is 5.02. The van der Waals surface area contributed by atoms with Crippen LogP contribution < -0.4 is 11.3 Å². The summed E-state index contributed by atoms with van der Waals surface area (Å²) in [5.41, 5.74) is 5.90. The average molecular weight is 281 g/mol. The average Bonchev–Trinajstić information content (AvgIpc) is 2.37. The van der Waals surface area contributed by atoms with Gasteiger partial charge in [0.25, 0.3) is 0 Å². The van der Waals surface area contributed by atoms with E-state index >= 15 is 0 Å². The lowest BCUT2D eigenvalue weighted by atomic mass is 9.98. The monoisotopic (exact) mass is 280 g/mol. The number of hydrazine groups is 1. The minimum Gasteiger partial charge on any atom is -0.271 e. The van der Waals surface area contributed by atoms with Gasteiger partial charge in [-0.25, -0.2) is 5.43 Å². The maximum Gasteiger partial charge on any atom is 0.0725 e. The SMILES string of the molecule is Cc1ccc(C(NN)c2cc(Cl)ccc2Cl)cc1. The molecule has 1 unspecified atom stereocenters. The van der Waals surface area contributed by atoms with Crippen molar-refractivity contribution < 1.29 is 0 Å². The Bertz CT molecular complexity index is 538. The van der Waals surface area contributed by atoms with E-state index in [1.54, 1.807) is 12.1 Å². The van der Waals surface area contributed by atoms with E-state index in [1.807, 2.05) is 37.3 Å². The second kappa shape index (κ2) is 5.72. The molecule has 0 heterocycles. The van der Waals surface area contributed by atoms with Crippen molar-refractivity contribution in [2.75, 3.05) is 0 Å². The quantitative estimate of drug-likeness (QED) is 0.662. The van der Waals surface area contributed by atoms with Gasteiger partial charge in [0.15, 0.2) is 0 Å². The third-order valence-corrected chi connectivity index (χ3v) is 3.43. The molecular formula is C14H14Cl2N2. The van der Waals surface area contributed by atoms with Crippen LogP contribution in [0.5, 0.6) is 0 Å². The third kappa shape index (κ3) is 2.85. The summed E-state index contributed by atoms with van der Waals surface area (Å²) in [7, 11) is 0. The molecule has 2 aromatic rings. The van der Waals surface area contributed by atoms with Crippen LogP contribution in [0.4, 0.5) is 0 Å². The second-order valence-electron chi connectivity index (χ2n) is 4.18. The highest BCUT2D eigenvalue weighted by Gasteiger charge is 2.15. The van der Waals surface area contributed by atoms with Crippen LogP contribution in [0.3, 0.4) is 0 Å². The van der Waals surface area contributed by atoms with E-state index < -0.39 is 0 Å². The van der Waals surface area contributed by atoms with E-state index in [-0.39, 0.29) is 6.04 Å².